The molecule has 0 aliphatic heterocycles. The molecule has 2 nitrogen and oxygen atoms in total. The van der Waals surface area contributed by atoms with Gasteiger partial charge in [-0.2, -0.15) is 0 Å². The summed E-state index contributed by atoms with van der Waals surface area (Å²) in [6, 6.07) is 91.9. The summed E-state index contributed by atoms with van der Waals surface area (Å²) in [6.07, 6.45) is 10.9. The van der Waals surface area contributed by atoms with Gasteiger partial charge in [-0.3, -0.25) is 0 Å². The van der Waals surface area contributed by atoms with Crippen molar-refractivity contribution in [2.75, 3.05) is 0 Å². The number of benzene rings is 12. The molecule has 0 saturated carbocycles. The molecule has 0 amide bonds. The average molecular weight is 1080 g/mol. The van der Waals surface area contributed by atoms with Crippen LogP contribution in [-0.2, 0) is 10.8 Å². The zero-order valence-electron chi connectivity index (χ0n) is 48.2. The lowest BCUT2D eigenvalue weighted by Gasteiger charge is -2.29. The zero-order valence-corrected chi connectivity index (χ0v) is 48.2. The number of hydrogen-bond acceptors (Lipinski definition) is 0. The van der Waals surface area contributed by atoms with Gasteiger partial charge in [0.25, 0.3) is 0 Å². The fourth-order valence-corrected chi connectivity index (χ4v) is 15.3. The second-order valence-corrected chi connectivity index (χ2v) is 24.5. The van der Waals surface area contributed by atoms with Gasteiger partial charge in [-0.1, -0.05) is 247 Å². The van der Waals surface area contributed by atoms with Crippen molar-refractivity contribution < 1.29 is 0 Å². The topological polar surface area (TPSA) is 9.86 Å². The molecular weight excluding hydrogens is 1010 g/mol. The Labute approximate surface area is 492 Å². The summed E-state index contributed by atoms with van der Waals surface area (Å²) in [6.45, 7) is 11.7. The van der Waals surface area contributed by atoms with E-state index < -0.39 is 0 Å². The van der Waals surface area contributed by atoms with E-state index in [1.165, 1.54) is 182 Å². The smallest absolute Gasteiger partial charge is 0.0547 e. The van der Waals surface area contributed by atoms with Gasteiger partial charge >= 0.3 is 0 Å². The van der Waals surface area contributed by atoms with Crippen molar-refractivity contribution in [2.45, 2.75) is 76.5 Å². The van der Waals surface area contributed by atoms with Crippen molar-refractivity contribution in [1.82, 2.24) is 9.13 Å². The van der Waals surface area contributed by atoms with Crippen LogP contribution in [0.5, 0.6) is 0 Å². The number of aromatic nitrogens is 2. The van der Waals surface area contributed by atoms with Crippen molar-refractivity contribution in [2.24, 2.45) is 0 Å². The first kappa shape index (κ1) is 50.2. The highest BCUT2D eigenvalue weighted by molar-refractivity contribution is 6.15. The Hall–Kier alpha value is -9.50. The fraction of sp³-hybridized carbons (Fsp3) is 0.146. The van der Waals surface area contributed by atoms with Crippen molar-refractivity contribution in [3.05, 3.63) is 278 Å². The Morgan fingerprint density at radius 3 is 1.32 bits per heavy atom. The molecule has 1 unspecified atom stereocenters. The highest BCUT2D eigenvalue weighted by atomic mass is 15.0. The van der Waals surface area contributed by atoms with Gasteiger partial charge in [-0.25, -0.2) is 0 Å². The van der Waals surface area contributed by atoms with Crippen LogP contribution in [0.15, 0.2) is 255 Å². The van der Waals surface area contributed by atoms with Crippen molar-refractivity contribution in [3.63, 3.8) is 0 Å². The van der Waals surface area contributed by atoms with Gasteiger partial charge in [0.1, 0.15) is 0 Å². The lowest BCUT2D eigenvalue weighted by molar-refractivity contribution is 0.518. The molecule has 14 aromatic rings. The highest BCUT2D eigenvalue weighted by Gasteiger charge is 2.41. The van der Waals surface area contributed by atoms with E-state index in [0.29, 0.717) is 0 Å². The van der Waals surface area contributed by atoms with Crippen molar-refractivity contribution >= 4 is 65.2 Å². The number of hydrogen-bond donors (Lipinski definition) is 0. The van der Waals surface area contributed by atoms with E-state index in [0.717, 1.165) is 17.8 Å². The minimum atomic E-state index is -0.245. The SMILES string of the molecule is C=CC1(CCCCCCCC)c2ccccc2-c2cc3c(cc21)c1ccc(-c2cccc4ccccc24)cc1n3-c1ccc(-c2ccc(-n3c4cc(-c5cccc6ccccc56)ccc4c4cc5c(cc43)-c3ccccc3C5(C)C)cc2)cc1. The molecule has 1 atom stereocenters. The summed E-state index contributed by atoms with van der Waals surface area (Å²) in [5, 5.41) is 10.1. The van der Waals surface area contributed by atoms with E-state index in [1.807, 2.05) is 0 Å². The number of nitrogens with zero attached hydrogens (tertiary/aromatic N) is 2. The van der Waals surface area contributed by atoms with E-state index in [9.17, 15) is 0 Å². The van der Waals surface area contributed by atoms with Crippen LogP contribution < -0.4 is 0 Å². The maximum absolute atomic E-state index is 4.62. The van der Waals surface area contributed by atoms with E-state index >= 15 is 0 Å². The number of allylic oxidation sites excluding steroid dienone is 1. The van der Waals surface area contributed by atoms with Gasteiger partial charge in [0.05, 0.1) is 22.1 Å². The summed E-state index contributed by atoms with van der Waals surface area (Å²) < 4.78 is 5.04. The highest BCUT2D eigenvalue weighted by Crippen LogP contribution is 2.55. The molecule has 2 aliphatic carbocycles. The van der Waals surface area contributed by atoms with E-state index in [-0.39, 0.29) is 10.8 Å². The summed E-state index contributed by atoms with van der Waals surface area (Å²) in [7, 11) is 0. The number of fused-ring (bicyclic) bond motifs is 14. The Morgan fingerprint density at radius 1 is 0.333 bits per heavy atom. The third kappa shape index (κ3) is 7.62. The fourth-order valence-electron chi connectivity index (χ4n) is 15.3. The van der Waals surface area contributed by atoms with Crippen LogP contribution in [0, 0.1) is 0 Å². The summed E-state index contributed by atoms with van der Waals surface area (Å²) >= 11 is 0. The zero-order chi connectivity index (χ0) is 56.3. The molecular formula is C82H66N2. The third-order valence-electron chi connectivity index (χ3n) is 19.6. The lowest BCUT2D eigenvalue weighted by Crippen LogP contribution is -2.22. The van der Waals surface area contributed by atoms with E-state index in [2.05, 4.69) is 285 Å². The van der Waals surface area contributed by atoms with Crippen molar-refractivity contribution in [3.8, 4) is 67.0 Å². The normalized spacial score (nSPS) is 14.9. The van der Waals surface area contributed by atoms with Crippen LogP contribution in [0.3, 0.4) is 0 Å². The molecule has 0 radical (unpaired) electrons. The molecule has 2 aliphatic rings. The third-order valence-corrected chi connectivity index (χ3v) is 19.6. The molecule has 0 spiro atoms. The van der Waals surface area contributed by atoms with Gasteiger partial charge in [0.15, 0.2) is 0 Å². The molecule has 0 fully saturated rings. The van der Waals surface area contributed by atoms with Crippen LogP contribution >= 0.6 is 0 Å². The molecule has 84 heavy (non-hydrogen) atoms. The second-order valence-electron chi connectivity index (χ2n) is 24.5. The Kier molecular flexibility index (Phi) is 11.7. The minimum absolute atomic E-state index is 0.103. The second kappa shape index (κ2) is 19.6. The van der Waals surface area contributed by atoms with Gasteiger partial charge in [-0.05, 0) is 167 Å². The first-order valence-electron chi connectivity index (χ1n) is 30.6. The van der Waals surface area contributed by atoms with Crippen LogP contribution in [0.4, 0.5) is 0 Å². The molecule has 2 heteroatoms. The number of rotatable bonds is 13. The van der Waals surface area contributed by atoms with Gasteiger partial charge < -0.3 is 9.13 Å². The largest absolute Gasteiger partial charge is 0.309 e. The first-order chi connectivity index (χ1) is 41.3. The molecule has 0 bridgehead atoms. The first-order valence-corrected chi connectivity index (χ1v) is 30.6. The Morgan fingerprint density at radius 2 is 0.762 bits per heavy atom. The molecule has 16 rings (SSSR count). The molecule has 2 heterocycles. The predicted octanol–water partition coefficient (Wildman–Crippen LogP) is 22.7. The maximum Gasteiger partial charge on any atom is 0.0547 e. The van der Waals surface area contributed by atoms with Crippen LogP contribution in [0.2, 0.25) is 0 Å². The van der Waals surface area contributed by atoms with Crippen molar-refractivity contribution in [1.29, 1.82) is 0 Å². The maximum atomic E-state index is 4.62. The van der Waals surface area contributed by atoms with Crippen LogP contribution in [0.1, 0.15) is 88.0 Å². The number of unbranched alkanes of at least 4 members (excludes halogenated alkanes) is 5. The predicted molar refractivity (Wildman–Crippen MR) is 358 cm³/mol. The summed E-state index contributed by atoms with van der Waals surface area (Å²) in [4.78, 5) is 0. The average Bonchev–Trinajstić information content (AvgIpc) is 4.15. The van der Waals surface area contributed by atoms with E-state index in [4.69, 9.17) is 0 Å². The summed E-state index contributed by atoms with van der Waals surface area (Å²) in [5.41, 5.74) is 25.0. The minimum Gasteiger partial charge on any atom is -0.309 e. The standard InChI is InChI=1S/C82H66N2/c1-5-7-8-9-10-19-46-82(6-2)74-33-18-16-29-66(74)70-52-80-72(50-76(70)82)68-45-39-58(64-31-21-25-56-23-12-14-27-62(56)64)48-78(68)84(80)60-42-36-54(37-43-60)53-34-40-59(41-35-53)83-77-47-57(63-30-20-24-55-22-11-13-26-61(55)63)38-44-67(77)71-49-75-69(51-79(71)83)65-28-15-17-32-73(65)81(75,3)4/h6,11-18,20-45,47-52H,2,5,7-10,19,46H2,1,3-4H3. The summed E-state index contributed by atoms with van der Waals surface area (Å²) in [5.74, 6) is 0. The van der Waals surface area contributed by atoms with Crippen LogP contribution in [-0.4, -0.2) is 9.13 Å². The molecule has 0 saturated heterocycles. The van der Waals surface area contributed by atoms with Gasteiger partial charge in [0.2, 0.25) is 0 Å². The van der Waals surface area contributed by atoms with Crippen LogP contribution in [0.25, 0.3) is 132 Å². The van der Waals surface area contributed by atoms with E-state index in [1.54, 1.807) is 0 Å². The molecule has 404 valence electrons. The Bertz CT molecular complexity index is 4970. The molecule has 0 N–H and O–H groups in total. The molecule has 12 aromatic carbocycles. The monoisotopic (exact) mass is 1080 g/mol. The molecule has 2 aromatic heterocycles. The lowest BCUT2D eigenvalue weighted by atomic mass is 9.74. The van der Waals surface area contributed by atoms with Gasteiger partial charge in [0, 0.05) is 43.7 Å². The Balaban J connectivity index is 0.825. The quantitative estimate of drug-likeness (QED) is 0.0804. The van der Waals surface area contributed by atoms with Gasteiger partial charge in [-0.15, -0.1) is 6.58 Å².